The number of amides is 2. The summed E-state index contributed by atoms with van der Waals surface area (Å²) in [7, 11) is -0.528. The Hall–Kier alpha value is -2.78. The highest BCUT2D eigenvalue weighted by Crippen LogP contribution is 2.65. The highest BCUT2D eigenvalue weighted by molar-refractivity contribution is 6.48. The minimum absolute atomic E-state index is 0.0345. The summed E-state index contributed by atoms with van der Waals surface area (Å²) in [5.74, 6) is 0.359. The van der Waals surface area contributed by atoms with Crippen LogP contribution < -0.4 is 10.6 Å². The van der Waals surface area contributed by atoms with Crippen LogP contribution in [0.3, 0.4) is 0 Å². The maximum Gasteiger partial charge on any atom is 0.481 e. The zero-order chi connectivity index (χ0) is 27.1. The van der Waals surface area contributed by atoms with Crippen LogP contribution in [0.15, 0.2) is 48.9 Å². The van der Waals surface area contributed by atoms with Gasteiger partial charge in [-0.2, -0.15) is 0 Å². The van der Waals surface area contributed by atoms with Crippen LogP contribution in [0, 0.1) is 23.2 Å². The highest BCUT2D eigenvalue weighted by Gasteiger charge is 2.68. The first-order valence-electron chi connectivity index (χ1n) is 13.8. The molecule has 9 heteroatoms. The van der Waals surface area contributed by atoms with Gasteiger partial charge in [0.1, 0.15) is 11.7 Å². The van der Waals surface area contributed by atoms with E-state index in [0.29, 0.717) is 30.6 Å². The monoisotopic (exact) mass is 518 g/mol. The van der Waals surface area contributed by atoms with Gasteiger partial charge in [0.15, 0.2) is 0 Å². The summed E-state index contributed by atoms with van der Waals surface area (Å²) in [5.41, 5.74) is 0.998. The number of hydrogen-bond donors (Lipinski definition) is 2. The van der Waals surface area contributed by atoms with Crippen molar-refractivity contribution < 1.29 is 18.9 Å². The Morgan fingerprint density at radius 1 is 1.11 bits per heavy atom. The molecule has 0 spiro atoms. The minimum atomic E-state index is -0.799. The molecule has 202 valence electrons. The van der Waals surface area contributed by atoms with Gasteiger partial charge >= 0.3 is 7.12 Å². The number of benzene rings is 1. The molecule has 4 fully saturated rings. The molecule has 4 aliphatic rings. The maximum absolute atomic E-state index is 13.8. The Morgan fingerprint density at radius 3 is 2.53 bits per heavy atom. The summed E-state index contributed by atoms with van der Waals surface area (Å²) in [6.45, 7) is 11.1. The smallest absolute Gasteiger partial charge is 0.404 e. The average Bonchev–Trinajstić information content (AvgIpc) is 3.26. The first-order valence-corrected chi connectivity index (χ1v) is 13.8. The van der Waals surface area contributed by atoms with Gasteiger partial charge < -0.3 is 19.9 Å². The zero-order valence-electron chi connectivity index (χ0n) is 23.0. The molecule has 3 aliphatic carbocycles. The van der Waals surface area contributed by atoms with Crippen LogP contribution in [0.25, 0.3) is 0 Å². The first kappa shape index (κ1) is 26.8. The van der Waals surface area contributed by atoms with Crippen molar-refractivity contribution in [3.63, 3.8) is 0 Å². The van der Waals surface area contributed by atoms with E-state index in [9.17, 15) is 9.59 Å². The van der Waals surface area contributed by atoms with Crippen LogP contribution in [0.5, 0.6) is 0 Å². The largest absolute Gasteiger partial charge is 0.481 e. The Balaban J connectivity index is 1.34. The molecular formula is C29H39BN4O4. The summed E-state index contributed by atoms with van der Waals surface area (Å²) in [4.78, 5) is 34.8. The molecule has 1 saturated heterocycles. The van der Waals surface area contributed by atoms with E-state index in [2.05, 4.69) is 55.2 Å². The second kappa shape index (κ2) is 10.4. The van der Waals surface area contributed by atoms with Crippen LogP contribution in [0.2, 0.25) is 0 Å². The zero-order valence-corrected chi connectivity index (χ0v) is 23.0. The third kappa shape index (κ3) is 5.10. The number of rotatable bonds is 9. The van der Waals surface area contributed by atoms with Crippen LogP contribution in [-0.2, 0) is 20.5 Å². The highest BCUT2D eigenvalue weighted by atomic mass is 16.7. The summed E-state index contributed by atoms with van der Waals surface area (Å²) in [5, 5.41) is 6.08. The van der Waals surface area contributed by atoms with Crippen molar-refractivity contribution in [3.8, 4) is 0 Å². The lowest BCUT2D eigenvalue weighted by molar-refractivity contribution is -0.199. The molecule has 6 rings (SSSR count). The average molecular weight is 518 g/mol. The molecule has 2 aromatic rings. The number of carbonyl (C=O) groups excluding carboxylic acids is 2. The van der Waals surface area contributed by atoms with Gasteiger partial charge in [0.25, 0.3) is 5.91 Å². The molecule has 6 atom stereocenters. The second-order valence-electron chi connectivity index (χ2n) is 12.4. The molecule has 1 aliphatic heterocycles. The first-order chi connectivity index (χ1) is 18.1. The third-order valence-electron chi connectivity index (χ3n) is 9.05. The van der Waals surface area contributed by atoms with Crippen molar-refractivity contribution in [2.24, 2.45) is 23.2 Å². The molecule has 8 nitrogen and oxygen atoms in total. The molecule has 3 saturated carbocycles. The van der Waals surface area contributed by atoms with E-state index in [4.69, 9.17) is 9.31 Å². The summed E-state index contributed by atoms with van der Waals surface area (Å²) < 4.78 is 13.2. The van der Waals surface area contributed by atoms with Gasteiger partial charge in [-0.15, -0.1) is 0 Å². The normalized spacial score (nSPS) is 28.7. The van der Waals surface area contributed by atoms with E-state index in [-0.39, 0.29) is 34.7 Å². The van der Waals surface area contributed by atoms with E-state index in [0.717, 1.165) is 12.0 Å². The molecule has 2 heterocycles. The van der Waals surface area contributed by atoms with Crippen molar-refractivity contribution in [1.29, 1.82) is 0 Å². The summed E-state index contributed by atoms with van der Waals surface area (Å²) in [6, 6.07) is 8.87. The maximum atomic E-state index is 13.8. The number of carbonyl (C=O) groups is 2. The van der Waals surface area contributed by atoms with Gasteiger partial charge in [0.05, 0.1) is 23.8 Å². The van der Waals surface area contributed by atoms with Crippen molar-refractivity contribution in [1.82, 2.24) is 20.6 Å². The van der Waals surface area contributed by atoms with Gasteiger partial charge in [-0.3, -0.25) is 14.6 Å². The molecular weight excluding hydrogens is 479 g/mol. The number of aromatic nitrogens is 2. The van der Waals surface area contributed by atoms with Crippen molar-refractivity contribution >= 4 is 18.9 Å². The molecule has 0 radical (unpaired) electrons. The molecule has 2 amide bonds. The fourth-order valence-electron chi connectivity index (χ4n) is 6.81. The molecule has 38 heavy (non-hydrogen) atoms. The third-order valence-corrected chi connectivity index (χ3v) is 9.05. The van der Waals surface area contributed by atoms with Crippen LogP contribution in [0.1, 0.15) is 69.9 Å². The molecule has 1 aromatic heterocycles. The van der Waals surface area contributed by atoms with Crippen LogP contribution in [0.4, 0.5) is 0 Å². The van der Waals surface area contributed by atoms with Crippen molar-refractivity contribution in [2.45, 2.75) is 84.0 Å². The number of hydrogen-bond acceptors (Lipinski definition) is 6. The lowest BCUT2D eigenvalue weighted by atomic mass is 9.43. The number of nitrogens with one attached hydrogen (secondary N) is 2. The lowest BCUT2D eigenvalue weighted by Crippen LogP contribution is -2.65. The Morgan fingerprint density at radius 2 is 1.87 bits per heavy atom. The van der Waals surface area contributed by atoms with Crippen molar-refractivity contribution in [3.05, 3.63) is 60.2 Å². The van der Waals surface area contributed by atoms with E-state index >= 15 is 0 Å². The molecule has 2 bridgehead atoms. The standard InChI is InChI=1S/C29H39BN4O4/c1-18(2)13-25(30-37-24-16-20-15-23(28(20,3)4)29(24,5)38-30)34-26(35)21(14-19-9-7-6-8-10-19)33-27(36)22-17-31-11-12-32-22/h6-12,17-18,20-21,23-25H,13-16H2,1-5H3,(H,33,36)(H,34,35)/t20-,21?,23-,24-,25?,29-/m0/s1. The van der Waals surface area contributed by atoms with Gasteiger partial charge in [-0.25, -0.2) is 4.98 Å². The van der Waals surface area contributed by atoms with Gasteiger partial charge in [-0.1, -0.05) is 58.0 Å². The van der Waals surface area contributed by atoms with E-state index in [1.165, 1.54) is 25.0 Å². The minimum Gasteiger partial charge on any atom is -0.404 e. The fraction of sp³-hybridized carbons (Fsp3) is 0.586. The van der Waals surface area contributed by atoms with Gasteiger partial charge in [0, 0.05) is 18.8 Å². The topological polar surface area (TPSA) is 102 Å². The van der Waals surface area contributed by atoms with Gasteiger partial charge in [0.2, 0.25) is 5.91 Å². The number of nitrogens with zero attached hydrogens (tertiary/aromatic N) is 2. The van der Waals surface area contributed by atoms with Crippen molar-refractivity contribution in [2.75, 3.05) is 0 Å². The quantitative estimate of drug-likeness (QED) is 0.492. The Kier molecular flexibility index (Phi) is 7.35. The Labute approximate surface area is 225 Å². The van der Waals surface area contributed by atoms with Crippen LogP contribution >= 0.6 is 0 Å². The SMILES string of the molecule is CC(C)CC(NC(=O)C(Cc1ccccc1)NC(=O)c1cnccn1)B1O[C@H]2C[C@@H]3C[C@@H](C3(C)C)[C@]2(C)O1. The lowest BCUT2D eigenvalue weighted by Gasteiger charge is -2.64. The van der Waals surface area contributed by atoms with E-state index in [1.807, 2.05) is 30.3 Å². The molecule has 2 unspecified atom stereocenters. The fourth-order valence-corrected chi connectivity index (χ4v) is 6.81. The predicted molar refractivity (Wildman–Crippen MR) is 145 cm³/mol. The second-order valence-corrected chi connectivity index (χ2v) is 12.4. The Bertz CT molecular complexity index is 1150. The predicted octanol–water partition coefficient (Wildman–Crippen LogP) is 3.62. The molecule has 1 aromatic carbocycles. The van der Waals surface area contributed by atoms with Gasteiger partial charge in [-0.05, 0) is 54.9 Å². The molecule has 2 N–H and O–H groups in total. The summed E-state index contributed by atoms with van der Waals surface area (Å²) >= 11 is 0. The summed E-state index contributed by atoms with van der Waals surface area (Å²) in [6.07, 6.45) is 7.60. The van der Waals surface area contributed by atoms with Crippen LogP contribution in [-0.4, -0.2) is 52.6 Å². The van der Waals surface area contributed by atoms with E-state index < -0.39 is 19.1 Å². The van der Waals surface area contributed by atoms with E-state index in [1.54, 1.807) is 0 Å².